The molecule has 0 bridgehead atoms. The molecule has 0 unspecified atom stereocenters. The van der Waals surface area contributed by atoms with Crippen LogP contribution in [0.3, 0.4) is 0 Å². The minimum absolute atomic E-state index is 0.462. The Morgan fingerprint density at radius 2 is 2.05 bits per heavy atom. The molecule has 0 aromatic heterocycles. The van der Waals surface area contributed by atoms with E-state index in [-0.39, 0.29) is 0 Å². The summed E-state index contributed by atoms with van der Waals surface area (Å²) < 4.78 is 5.36. The molecule has 4 nitrogen and oxygen atoms in total. The summed E-state index contributed by atoms with van der Waals surface area (Å²) in [5, 5.41) is 17.2. The van der Waals surface area contributed by atoms with E-state index in [1.54, 1.807) is 19.2 Å². The normalized spacial score (nSPS) is 13.0. The van der Waals surface area contributed by atoms with E-state index in [2.05, 4.69) is 6.07 Å². The first kappa shape index (κ1) is 12.2. The highest BCUT2D eigenvalue weighted by Crippen LogP contribution is 2.35. The molecule has 20 heavy (non-hydrogen) atoms. The van der Waals surface area contributed by atoms with E-state index in [1.165, 1.54) is 0 Å². The molecule has 0 atom stereocenters. The molecule has 1 N–H and O–H groups in total. The molecule has 0 fully saturated rings. The number of nitriles is 1. The first-order chi connectivity index (χ1) is 9.74. The largest absolute Gasteiger partial charge is 0.495 e. The Morgan fingerprint density at radius 3 is 2.75 bits per heavy atom. The average molecular weight is 263 g/mol. The summed E-state index contributed by atoms with van der Waals surface area (Å²) in [6.07, 6.45) is 0. The topological polar surface area (TPSA) is 60.1 Å². The van der Waals surface area contributed by atoms with Crippen molar-refractivity contribution in [2.75, 3.05) is 12.0 Å². The number of nitrogens with zero attached hydrogens (tertiary/aromatic N) is 2. The number of fused-ring (bicyclic) bond motifs is 1. The monoisotopic (exact) mass is 263 g/mol. The number of methoxy groups -OCH3 is 1. The van der Waals surface area contributed by atoms with Crippen LogP contribution in [0.2, 0.25) is 0 Å². The maximum absolute atomic E-state index is 8.95. The summed E-state index contributed by atoms with van der Waals surface area (Å²) in [5.41, 5.74) is 3.43. The molecule has 0 radical (unpaired) electrons. The summed E-state index contributed by atoms with van der Waals surface area (Å²) in [7, 11) is 1.58. The van der Waals surface area contributed by atoms with Gasteiger partial charge in [-0.05, 0) is 17.7 Å². The highest BCUT2D eigenvalue weighted by Gasteiger charge is 2.26. The molecule has 1 heterocycles. The highest BCUT2D eigenvalue weighted by molar-refractivity contribution is 6.12. The SMILES string of the molecule is COc1cc(C#N)ccc1N1Cc2ccccc2C1=N. The van der Waals surface area contributed by atoms with Crippen LogP contribution < -0.4 is 9.64 Å². The van der Waals surface area contributed by atoms with E-state index in [9.17, 15) is 0 Å². The van der Waals surface area contributed by atoms with Crippen molar-refractivity contribution in [3.63, 3.8) is 0 Å². The van der Waals surface area contributed by atoms with Crippen LogP contribution in [0.25, 0.3) is 0 Å². The van der Waals surface area contributed by atoms with Crippen LogP contribution in [-0.4, -0.2) is 12.9 Å². The van der Waals surface area contributed by atoms with E-state index >= 15 is 0 Å². The van der Waals surface area contributed by atoms with Crippen molar-refractivity contribution in [1.29, 1.82) is 10.7 Å². The molecule has 0 spiro atoms. The Balaban J connectivity index is 2.04. The van der Waals surface area contributed by atoms with Crippen molar-refractivity contribution in [1.82, 2.24) is 0 Å². The van der Waals surface area contributed by atoms with Crippen LogP contribution in [0, 0.1) is 16.7 Å². The number of nitrogens with one attached hydrogen (secondary N) is 1. The number of hydrogen-bond donors (Lipinski definition) is 1. The molecule has 2 aromatic rings. The average Bonchev–Trinajstić information content (AvgIpc) is 2.84. The van der Waals surface area contributed by atoms with Crippen molar-refractivity contribution in [3.05, 3.63) is 59.2 Å². The van der Waals surface area contributed by atoms with Gasteiger partial charge in [0.05, 0.1) is 31.0 Å². The van der Waals surface area contributed by atoms with Gasteiger partial charge in [-0.15, -0.1) is 0 Å². The summed E-state index contributed by atoms with van der Waals surface area (Å²) in [5.74, 6) is 1.07. The first-order valence-corrected chi connectivity index (χ1v) is 6.27. The number of rotatable bonds is 2. The lowest BCUT2D eigenvalue weighted by atomic mass is 10.1. The molecule has 1 aliphatic heterocycles. The maximum Gasteiger partial charge on any atom is 0.143 e. The number of hydrogen-bond acceptors (Lipinski definition) is 3. The Hall–Kier alpha value is -2.80. The Bertz CT molecular complexity index is 731. The van der Waals surface area contributed by atoms with Gasteiger partial charge in [0.15, 0.2) is 0 Å². The zero-order valence-corrected chi connectivity index (χ0v) is 11.1. The molecule has 3 rings (SSSR count). The second-order valence-corrected chi connectivity index (χ2v) is 4.59. The molecule has 0 saturated heterocycles. The van der Waals surface area contributed by atoms with Gasteiger partial charge in [-0.2, -0.15) is 5.26 Å². The van der Waals surface area contributed by atoms with Gasteiger partial charge in [0.2, 0.25) is 0 Å². The minimum atomic E-state index is 0.462. The molecule has 98 valence electrons. The molecule has 2 aromatic carbocycles. The first-order valence-electron chi connectivity index (χ1n) is 6.27. The lowest BCUT2D eigenvalue weighted by Crippen LogP contribution is -2.23. The fourth-order valence-electron chi connectivity index (χ4n) is 2.46. The van der Waals surface area contributed by atoms with Gasteiger partial charge in [0.1, 0.15) is 11.6 Å². The Labute approximate surface area is 117 Å². The predicted molar refractivity (Wildman–Crippen MR) is 77.2 cm³/mol. The van der Waals surface area contributed by atoms with Gasteiger partial charge in [-0.25, -0.2) is 0 Å². The van der Waals surface area contributed by atoms with Gasteiger partial charge >= 0.3 is 0 Å². The molecular formula is C16H13N3O. The van der Waals surface area contributed by atoms with Crippen molar-refractivity contribution >= 4 is 11.5 Å². The molecule has 0 saturated carbocycles. The number of anilines is 1. The van der Waals surface area contributed by atoms with E-state index in [0.717, 1.165) is 16.8 Å². The smallest absolute Gasteiger partial charge is 0.143 e. The van der Waals surface area contributed by atoms with Crippen LogP contribution >= 0.6 is 0 Å². The zero-order chi connectivity index (χ0) is 14.1. The maximum atomic E-state index is 8.95. The molecule has 0 aliphatic carbocycles. The third-order valence-electron chi connectivity index (χ3n) is 3.47. The van der Waals surface area contributed by atoms with Gasteiger partial charge in [0, 0.05) is 11.6 Å². The summed E-state index contributed by atoms with van der Waals surface area (Å²) in [6.45, 7) is 0.650. The Morgan fingerprint density at radius 1 is 1.25 bits per heavy atom. The van der Waals surface area contributed by atoms with E-state index in [0.29, 0.717) is 23.7 Å². The summed E-state index contributed by atoms with van der Waals surface area (Å²) in [4.78, 5) is 1.89. The molecule has 1 aliphatic rings. The fraction of sp³-hybridized carbons (Fsp3) is 0.125. The number of amidine groups is 1. The lowest BCUT2D eigenvalue weighted by Gasteiger charge is -2.20. The second kappa shape index (κ2) is 4.71. The summed E-state index contributed by atoms with van der Waals surface area (Å²) in [6, 6.07) is 15.3. The molecule has 4 heteroatoms. The van der Waals surface area contributed by atoms with Crippen LogP contribution in [0.1, 0.15) is 16.7 Å². The van der Waals surface area contributed by atoms with Crippen molar-refractivity contribution in [3.8, 4) is 11.8 Å². The lowest BCUT2D eigenvalue weighted by molar-refractivity contribution is 0.415. The predicted octanol–water partition coefficient (Wildman–Crippen LogP) is 2.91. The number of ether oxygens (including phenoxy) is 1. The van der Waals surface area contributed by atoms with Crippen LogP contribution in [-0.2, 0) is 6.54 Å². The highest BCUT2D eigenvalue weighted by atomic mass is 16.5. The van der Waals surface area contributed by atoms with Gasteiger partial charge in [-0.1, -0.05) is 24.3 Å². The third-order valence-corrected chi connectivity index (χ3v) is 3.47. The van der Waals surface area contributed by atoms with Crippen molar-refractivity contribution < 1.29 is 4.74 Å². The standard InChI is InChI=1S/C16H13N3O/c1-20-15-8-11(9-17)6-7-14(15)19-10-12-4-2-3-5-13(12)16(19)18/h2-8,18H,10H2,1H3. The summed E-state index contributed by atoms with van der Waals surface area (Å²) >= 11 is 0. The minimum Gasteiger partial charge on any atom is -0.495 e. The van der Waals surface area contributed by atoms with Crippen molar-refractivity contribution in [2.45, 2.75) is 6.54 Å². The van der Waals surface area contributed by atoms with Gasteiger partial charge < -0.3 is 9.64 Å². The van der Waals surface area contributed by atoms with E-state index in [1.807, 2.05) is 35.2 Å². The Kier molecular flexibility index (Phi) is 2.88. The third kappa shape index (κ3) is 1.81. The van der Waals surface area contributed by atoms with Crippen LogP contribution in [0.15, 0.2) is 42.5 Å². The number of benzene rings is 2. The van der Waals surface area contributed by atoms with E-state index < -0.39 is 0 Å². The molecular weight excluding hydrogens is 250 g/mol. The molecule has 0 amide bonds. The van der Waals surface area contributed by atoms with E-state index in [4.69, 9.17) is 15.4 Å². The van der Waals surface area contributed by atoms with Crippen LogP contribution in [0.5, 0.6) is 5.75 Å². The van der Waals surface area contributed by atoms with Crippen molar-refractivity contribution in [2.24, 2.45) is 0 Å². The van der Waals surface area contributed by atoms with Crippen LogP contribution in [0.4, 0.5) is 5.69 Å². The second-order valence-electron chi connectivity index (χ2n) is 4.59. The van der Waals surface area contributed by atoms with Gasteiger partial charge in [-0.3, -0.25) is 5.41 Å². The fourth-order valence-corrected chi connectivity index (χ4v) is 2.46. The quantitative estimate of drug-likeness (QED) is 0.906. The van der Waals surface area contributed by atoms with Gasteiger partial charge in [0.25, 0.3) is 0 Å². The zero-order valence-electron chi connectivity index (χ0n) is 11.1.